The molecule has 0 saturated carbocycles. The Kier molecular flexibility index (Phi) is 4.06. The van der Waals surface area contributed by atoms with Gasteiger partial charge in [0.2, 0.25) is 0 Å². The first-order chi connectivity index (χ1) is 8.18. The molecular formula is C14H12Cl2O. The molecule has 2 aromatic rings. The second kappa shape index (κ2) is 5.54. The molecule has 2 aromatic carbocycles. The van der Waals surface area contributed by atoms with Crippen molar-refractivity contribution in [2.24, 2.45) is 0 Å². The zero-order valence-electron chi connectivity index (χ0n) is 9.05. The first-order valence-electron chi connectivity index (χ1n) is 5.30. The summed E-state index contributed by atoms with van der Waals surface area (Å²) in [6, 6.07) is 17.6. The van der Waals surface area contributed by atoms with Gasteiger partial charge in [0.1, 0.15) is 10.9 Å². The molecule has 1 nitrogen and oxygen atoms in total. The van der Waals surface area contributed by atoms with Crippen molar-refractivity contribution in [3.8, 4) is 11.1 Å². The van der Waals surface area contributed by atoms with Gasteiger partial charge in [-0.3, -0.25) is 0 Å². The van der Waals surface area contributed by atoms with Crippen molar-refractivity contribution in [3.05, 3.63) is 60.2 Å². The van der Waals surface area contributed by atoms with Gasteiger partial charge in [0.05, 0.1) is 0 Å². The number of hydrogen-bond acceptors (Lipinski definition) is 1. The summed E-state index contributed by atoms with van der Waals surface area (Å²) < 4.78 is 0. The Bertz CT molecular complexity index is 465. The summed E-state index contributed by atoms with van der Waals surface area (Å²) in [5, 5.41) is 9.70. The van der Waals surface area contributed by atoms with Gasteiger partial charge in [-0.15, -0.1) is 23.2 Å². The minimum atomic E-state index is -0.844. The SMILES string of the molecule is OC(c1ccc(-c2ccccc2)cc1)C(Cl)Cl. The highest BCUT2D eigenvalue weighted by Gasteiger charge is 2.15. The molecule has 0 radical (unpaired) electrons. The van der Waals surface area contributed by atoms with Gasteiger partial charge in [-0.25, -0.2) is 0 Å². The van der Waals surface area contributed by atoms with Crippen molar-refractivity contribution in [1.29, 1.82) is 0 Å². The van der Waals surface area contributed by atoms with Crippen LogP contribution in [0.2, 0.25) is 0 Å². The minimum absolute atomic E-state index is 0.722. The third-order valence-electron chi connectivity index (χ3n) is 2.60. The number of hydrogen-bond donors (Lipinski definition) is 1. The topological polar surface area (TPSA) is 20.2 Å². The molecule has 1 unspecified atom stereocenters. The van der Waals surface area contributed by atoms with Gasteiger partial charge in [-0.05, 0) is 16.7 Å². The van der Waals surface area contributed by atoms with E-state index in [4.69, 9.17) is 23.2 Å². The highest BCUT2D eigenvalue weighted by Crippen LogP contribution is 2.26. The van der Waals surface area contributed by atoms with E-state index in [-0.39, 0.29) is 0 Å². The first kappa shape index (κ1) is 12.4. The highest BCUT2D eigenvalue weighted by molar-refractivity contribution is 6.44. The van der Waals surface area contributed by atoms with Gasteiger partial charge in [-0.2, -0.15) is 0 Å². The third-order valence-corrected chi connectivity index (χ3v) is 3.08. The van der Waals surface area contributed by atoms with Gasteiger partial charge >= 0.3 is 0 Å². The Labute approximate surface area is 111 Å². The summed E-state index contributed by atoms with van der Waals surface area (Å²) in [6.07, 6.45) is -0.844. The van der Waals surface area contributed by atoms with Crippen molar-refractivity contribution in [2.75, 3.05) is 0 Å². The summed E-state index contributed by atoms with van der Waals surface area (Å²) in [4.78, 5) is -0.808. The first-order valence-corrected chi connectivity index (χ1v) is 6.17. The maximum absolute atomic E-state index is 9.70. The van der Waals surface area contributed by atoms with Crippen molar-refractivity contribution in [2.45, 2.75) is 10.9 Å². The molecule has 0 amide bonds. The number of aliphatic hydroxyl groups is 1. The number of halogens is 2. The highest BCUT2D eigenvalue weighted by atomic mass is 35.5. The average molecular weight is 267 g/mol. The lowest BCUT2D eigenvalue weighted by molar-refractivity contribution is 0.193. The van der Waals surface area contributed by atoms with Crippen LogP contribution < -0.4 is 0 Å². The van der Waals surface area contributed by atoms with Gasteiger partial charge in [-0.1, -0.05) is 54.6 Å². The van der Waals surface area contributed by atoms with E-state index >= 15 is 0 Å². The summed E-state index contributed by atoms with van der Waals surface area (Å²) in [5.74, 6) is 0. The number of alkyl halides is 2. The zero-order chi connectivity index (χ0) is 12.3. The van der Waals surface area contributed by atoms with Gasteiger partial charge in [0, 0.05) is 0 Å². The van der Waals surface area contributed by atoms with E-state index in [0.717, 1.165) is 16.7 Å². The van der Waals surface area contributed by atoms with E-state index in [0.29, 0.717) is 0 Å². The molecule has 1 atom stereocenters. The number of aliphatic hydroxyl groups excluding tert-OH is 1. The van der Waals surface area contributed by atoms with Crippen LogP contribution in [0.3, 0.4) is 0 Å². The van der Waals surface area contributed by atoms with Crippen LogP contribution in [-0.4, -0.2) is 9.94 Å². The van der Waals surface area contributed by atoms with Gasteiger partial charge in [0.15, 0.2) is 0 Å². The maximum atomic E-state index is 9.70. The Hall–Kier alpha value is -1.02. The average Bonchev–Trinajstić information content (AvgIpc) is 2.39. The second-order valence-corrected chi connectivity index (χ2v) is 4.93. The van der Waals surface area contributed by atoms with Crippen LogP contribution in [0.4, 0.5) is 0 Å². The molecule has 0 spiro atoms. The van der Waals surface area contributed by atoms with E-state index in [9.17, 15) is 5.11 Å². The van der Waals surface area contributed by atoms with Crippen LogP contribution in [0.15, 0.2) is 54.6 Å². The lowest BCUT2D eigenvalue weighted by atomic mass is 10.0. The second-order valence-electron chi connectivity index (χ2n) is 3.77. The largest absolute Gasteiger partial charge is 0.386 e. The van der Waals surface area contributed by atoms with Gasteiger partial charge < -0.3 is 5.11 Å². The van der Waals surface area contributed by atoms with Crippen LogP contribution in [0.5, 0.6) is 0 Å². The Morgan fingerprint density at radius 1 is 0.765 bits per heavy atom. The Balaban J connectivity index is 2.25. The summed E-state index contributed by atoms with van der Waals surface area (Å²) in [7, 11) is 0. The molecule has 3 heteroatoms. The van der Waals surface area contributed by atoms with E-state index in [1.165, 1.54) is 0 Å². The maximum Gasteiger partial charge on any atom is 0.137 e. The van der Waals surface area contributed by atoms with Crippen molar-refractivity contribution in [3.63, 3.8) is 0 Å². The van der Waals surface area contributed by atoms with Gasteiger partial charge in [0.25, 0.3) is 0 Å². The van der Waals surface area contributed by atoms with E-state index in [1.54, 1.807) is 0 Å². The molecule has 1 N–H and O–H groups in total. The lowest BCUT2D eigenvalue weighted by Gasteiger charge is -2.12. The molecule has 0 aliphatic rings. The summed E-state index contributed by atoms with van der Waals surface area (Å²) in [5.41, 5.74) is 2.96. The molecule has 0 bridgehead atoms. The summed E-state index contributed by atoms with van der Waals surface area (Å²) in [6.45, 7) is 0. The molecular weight excluding hydrogens is 255 g/mol. The standard InChI is InChI=1S/C14H12Cl2O/c15-14(16)13(17)12-8-6-11(7-9-12)10-4-2-1-3-5-10/h1-9,13-14,17H. The predicted octanol–water partition coefficient (Wildman–Crippen LogP) is 4.19. The molecule has 88 valence electrons. The Morgan fingerprint density at radius 2 is 1.29 bits per heavy atom. The van der Waals surface area contributed by atoms with E-state index in [2.05, 4.69) is 0 Å². The molecule has 0 heterocycles. The smallest absolute Gasteiger partial charge is 0.137 e. The van der Waals surface area contributed by atoms with Crippen molar-refractivity contribution >= 4 is 23.2 Å². The predicted molar refractivity (Wildman–Crippen MR) is 72.3 cm³/mol. The van der Waals surface area contributed by atoms with Crippen LogP contribution in [0, 0.1) is 0 Å². The monoisotopic (exact) mass is 266 g/mol. The molecule has 0 aliphatic carbocycles. The van der Waals surface area contributed by atoms with Crippen LogP contribution in [0.25, 0.3) is 11.1 Å². The lowest BCUT2D eigenvalue weighted by Crippen LogP contribution is -2.05. The quantitative estimate of drug-likeness (QED) is 0.826. The molecule has 0 fully saturated rings. The zero-order valence-corrected chi connectivity index (χ0v) is 10.6. The molecule has 0 aromatic heterocycles. The van der Waals surface area contributed by atoms with E-state index < -0.39 is 10.9 Å². The molecule has 2 rings (SSSR count). The fraction of sp³-hybridized carbons (Fsp3) is 0.143. The third kappa shape index (κ3) is 3.01. The molecule has 0 aliphatic heterocycles. The normalized spacial score (nSPS) is 12.7. The fourth-order valence-corrected chi connectivity index (χ4v) is 1.94. The van der Waals surface area contributed by atoms with Crippen molar-refractivity contribution in [1.82, 2.24) is 0 Å². The minimum Gasteiger partial charge on any atom is -0.386 e. The van der Waals surface area contributed by atoms with Crippen LogP contribution >= 0.6 is 23.2 Å². The Morgan fingerprint density at radius 3 is 1.82 bits per heavy atom. The van der Waals surface area contributed by atoms with Crippen LogP contribution in [0.1, 0.15) is 11.7 Å². The molecule has 0 saturated heterocycles. The van der Waals surface area contributed by atoms with Crippen molar-refractivity contribution < 1.29 is 5.11 Å². The van der Waals surface area contributed by atoms with E-state index in [1.807, 2.05) is 54.6 Å². The fourth-order valence-electron chi connectivity index (χ4n) is 1.65. The van der Waals surface area contributed by atoms with Crippen LogP contribution in [-0.2, 0) is 0 Å². The molecule has 17 heavy (non-hydrogen) atoms. The number of benzene rings is 2. The number of rotatable bonds is 3. The summed E-state index contributed by atoms with van der Waals surface area (Å²) >= 11 is 11.3.